The van der Waals surface area contributed by atoms with Crippen LogP contribution in [0, 0.1) is 0 Å². The SMILES string of the molecule is [N-]=[N+]=NCCCOc1ccccc1C(=O)O. The van der Waals surface area contributed by atoms with Gasteiger partial charge in [0.25, 0.3) is 0 Å². The van der Waals surface area contributed by atoms with E-state index in [1.54, 1.807) is 18.2 Å². The molecule has 0 saturated carbocycles. The maximum atomic E-state index is 10.8. The fourth-order valence-corrected chi connectivity index (χ4v) is 1.13. The maximum absolute atomic E-state index is 10.8. The maximum Gasteiger partial charge on any atom is 0.339 e. The lowest BCUT2D eigenvalue weighted by Gasteiger charge is -2.07. The molecule has 0 spiro atoms. The Balaban J connectivity index is 2.53. The number of aromatic carboxylic acids is 1. The molecule has 6 heteroatoms. The van der Waals surface area contributed by atoms with Crippen LogP contribution in [-0.2, 0) is 0 Å². The highest BCUT2D eigenvalue weighted by Gasteiger charge is 2.09. The van der Waals surface area contributed by atoms with E-state index in [9.17, 15) is 4.79 Å². The highest BCUT2D eigenvalue weighted by Crippen LogP contribution is 2.17. The fraction of sp³-hybridized carbons (Fsp3) is 0.300. The van der Waals surface area contributed by atoms with Crippen molar-refractivity contribution in [1.82, 2.24) is 0 Å². The first kappa shape index (κ1) is 11.9. The molecule has 0 unspecified atom stereocenters. The fourth-order valence-electron chi connectivity index (χ4n) is 1.13. The Bertz CT molecular complexity index is 414. The van der Waals surface area contributed by atoms with E-state index in [1.165, 1.54) is 6.07 Å². The molecule has 0 aromatic heterocycles. The molecular weight excluding hydrogens is 210 g/mol. The molecular formula is C10H11N3O3. The molecule has 84 valence electrons. The minimum absolute atomic E-state index is 0.131. The van der Waals surface area contributed by atoms with E-state index in [0.717, 1.165) is 0 Å². The Hall–Kier alpha value is -2.20. The molecule has 1 aromatic rings. The normalized spacial score (nSPS) is 9.25. The van der Waals surface area contributed by atoms with E-state index in [0.29, 0.717) is 25.3 Å². The number of carboxylic acids is 1. The molecule has 0 bridgehead atoms. The summed E-state index contributed by atoms with van der Waals surface area (Å²) in [5.74, 6) is -0.693. The number of nitrogens with zero attached hydrogens (tertiary/aromatic N) is 3. The van der Waals surface area contributed by atoms with Crippen LogP contribution in [0.15, 0.2) is 29.4 Å². The Kier molecular flexibility index (Phi) is 4.69. The van der Waals surface area contributed by atoms with Crippen molar-refractivity contribution in [2.75, 3.05) is 13.2 Å². The van der Waals surface area contributed by atoms with Gasteiger partial charge in [-0.05, 0) is 24.1 Å². The van der Waals surface area contributed by atoms with Gasteiger partial charge < -0.3 is 9.84 Å². The monoisotopic (exact) mass is 221 g/mol. The van der Waals surface area contributed by atoms with Gasteiger partial charge in [0, 0.05) is 11.5 Å². The molecule has 0 fully saturated rings. The minimum atomic E-state index is -1.02. The third-order valence-corrected chi connectivity index (χ3v) is 1.84. The van der Waals surface area contributed by atoms with E-state index in [-0.39, 0.29) is 5.56 Å². The van der Waals surface area contributed by atoms with E-state index < -0.39 is 5.97 Å². The predicted octanol–water partition coefficient (Wildman–Crippen LogP) is 2.46. The summed E-state index contributed by atoms with van der Waals surface area (Å²) in [4.78, 5) is 13.4. The van der Waals surface area contributed by atoms with E-state index >= 15 is 0 Å². The largest absolute Gasteiger partial charge is 0.493 e. The van der Waals surface area contributed by atoms with Gasteiger partial charge in [0.15, 0.2) is 0 Å². The number of benzene rings is 1. The molecule has 0 radical (unpaired) electrons. The number of hydrogen-bond acceptors (Lipinski definition) is 3. The van der Waals surface area contributed by atoms with Gasteiger partial charge in [-0.1, -0.05) is 17.2 Å². The minimum Gasteiger partial charge on any atom is -0.493 e. The third kappa shape index (κ3) is 3.51. The topological polar surface area (TPSA) is 95.3 Å². The van der Waals surface area contributed by atoms with Gasteiger partial charge in [-0.2, -0.15) is 0 Å². The zero-order valence-electron chi connectivity index (χ0n) is 8.54. The Morgan fingerprint density at radius 3 is 2.94 bits per heavy atom. The van der Waals surface area contributed by atoms with Crippen molar-refractivity contribution < 1.29 is 14.6 Å². The number of para-hydroxylation sites is 1. The molecule has 0 amide bonds. The number of carboxylic acid groups (broad SMARTS) is 1. The van der Waals surface area contributed by atoms with E-state index in [2.05, 4.69) is 10.0 Å². The van der Waals surface area contributed by atoms with E-state index in [1.807, 2.05) is 0 Å². The Morgan fingerprint density at radius 1 is 1.50 bits per heavy atom. The summed E-state index contributed by atoms with van der Waals surface area (Å²) in [6, 6.07) is 6.41. The van der Waals surface area contributed by atoms with Crippen molar-refractivity contribution in [3.63, 3.8) is 0 Å². The summed E-state index contributed by atoms with van der Waals surface area (Å²) in [6.07, 6.45) is 0.554. The Labute approximate surface area is 92.1 Å². The predicted molar refractivity (Wildman–Crippen MR) is 57.5 cm³/mol. The molecule has 0 aliphatic rings. The van der Waals surface area contributed by atoms with Crippen LogP contribution in [0.1, 0.15) is 16.8 Å². The molecule has 0 saturated heterocycles. The van der Waals surface area contributed by atoms with Crippen LogP contribution < -0.4 is 4.74 Å². The summed E-state index contributed by atoms with van der Waals surface area (Å²) in [5.41, 5.74) is 8.17. The van der Waals surface area contributed by atoms with Gasteiger partial charge in [0.2, 0.25) is 0 Å². The summed E-state index contributed by atoms with van der Waals surface area (Å²) in [5, 5.41) is 12.2. The third-order valence-electron chi connectivity index (χ3n) is 1.84. The number of rotatable bonds is 6. The smallest absolute Gasteiger partial charge is 0.339 e. The second-order valence-corrected chi connectivity index (χ2v) is 2.96. The van der Waals surface area contributed by atoms with Gasteiger partial charge in [0.1, 0.15) is 11.3 Å². The zero-order valence-corrected chi connectivity index (χ0v) is 8.54. The van der Waals surface area contributed by atoms with Crippen molar-refractivity contribution >= 4 is 5.97 Å². The van der Waals surface area contributed by atoms with Crippen molar-refractivity contribution in [3.8, 4) is 5.75 Å². The lowest BCUT2D eigenvalue weighted by molar-refractivity contribution is 0.0692. The van der Waals surface area contributed by atoms with Crippen molar-refractivity contribution in [2.24, 2.45) is 5.11 Å². The van der Waals surface area contributed by atoms with Gasteiger partial charge in [0.05, 0.1) is 6.61 Å². The summed E-state index contributed by atoms with van der Waals surface area (Å²) in [6.45, 7) is 0.662. The lowest BCUT2D eigenvalue weighted by Crippen LogP contribution is -2.04. The molecule has 1 aromatic carbocycles. The average molecular weight is 221 g/mol. The average Bonchev–Trinajstić information content (AvgIpc) is 2.29. The van der Waals surface area contributed by atoms with Gasteiger partial charge in [-0.3, -0.25) is 0 Å². The van der Waals surface area contributed by atoms with Crippen LogP contribution in [0.2, 0.25) is 0 Å². The Morgan fingerprint density at radius 2 is 2.25 bits per heavy atom. The number of carbonyl (C=O) groups is 1. The standard InChI is InChI=1S/C10H11N3O3/c11-13-12-6-3-7-16-9-5-2-1-4-8(9)10(14)15/h1-2,4-5H,3,6-7H2,(H,14,15). The van der Waals surface area contributed by atoms with Crippen LogP contribution in [0.25, 0.3) is 10.4 Å². The van der Waals surface area contributed by atoms with Crippen LogP contribution >= 0.6 is 0 Å². The van der Waals surface area contributed by atoms with E-state index in [4.69, 9.17) is 15.4 Å². The molecule has 1 N–H and O–H groups in total. The first-order valence-electron chi connectivity index (χ1n) is 4.71. The second-order valence-electron chi connectivity index (χ2n) is 2.96. The highest BCUT2D eigenvalue weighted by atomic mass is 16.5. The molecule has 0 aliphatic heterocycles. The summed E-state index contributed by atoms with van der Waals surface area (Å²) in [7, 11) is 0. The zero-order chi connectivity index (χ0) is 11.8. The molecule has 0 atom stereocenters. The van der Waals surface area contributed by atoms with Crippen LogP contribution in [0.4, 0.5) is 0 Å². The van der Waals surface area contributed by atoms with Gasteiger partial charge >= 0.3 is 5.97 Å². The van der Waals surface area contributed by atoms with Crippen LogP contribution in [0.3, 0.4) is 0 Å². The van der Waals surface area contributed by atoms with Crippen molar-refractivity contribution in [2.45, 2.75) is 6.42 Å². The molecule has 0 heterocycles. The van der Waals surface area contributed by atoms with Crippen molar-refractivity contribution in [3.05, 3.63) is 40.3 Å². The van der Waals surface area contributed by atoms with Crippen molar-refractivity contribution in [1.29, 1.82) is 0 Å². The highest BCUT2D eigenvalue weighted by molar-refractivity contribution is 5.90. The number of hydrogen-bond donors (Lipinski definition) is 1. The van der Waals surface area contributed by atoms with Gasteiger partial charge in [-0.15, -0.1) is 0 Å². The second kappa shape index (κ2) is 6.31. The lowest BCUT2D eigenvalue weighted by atomic mass is 10.2. The molecule has 1 rings (SSSR count). The number of ether oxygens (including phenoxy) is 1. The molecule has 0 aliphatic carbocycles. The molecule has 16 heavy (non-hydrogen) atoms. The van der Waals surface area contributed by atoms with Crippen LogP contribution in [0.5, 0.6) is 5.75 Å². The first-order chi connectivity index (χ1) is 7.75. The molecule has 6 nitrogen and oxygen atoms in total. The van der Waals surface area contributed by atoms with Gasteiger partial charge in [-0.25, -0.2) is 4.79 Å². The quantitative estimate of drug-likeness (QED) is 0.346. The summed E-state index contributed by atoms with van der Waals surface area (Å²) >= 11 is 0. The summed E-state index contributed by atoms with van der Waals surface area (Å²) < 4.78 is 5.28. The number of azide groups is 1. The van der Waals surface area contributed by atoms with Crippen LogP contribution in [-0.4, -0.2) is 24.2 Å². The first-order valence-corrected chi connectivity index (χ1v) is 4.71.